The van der Waals surface area contributed by atoms with Crippen molar-refractivity contribution in [2.45, 2.75) is 45.3 Å². The Morgan fingerprint density at radius 3 is 1.27 bits per heavy atom. The Balaban J connectivity index is 0.000000269. The van der Waals surface area contributed by atoms with Crippen molar-refractivity contribution < 1.29 is 65.9 Å². The van der Waals surface area contributed by atoms with E-state index in [2.05, 4.69) is 34.7 Å². The molecule has 0 unspecified atom stereocenters. The molecule has 8 N–H and O–H groups in total. The predicted octanol–water partition coefficient (Wildman–Crippen LogP) is 10.8. The highest BCUT2D eigenvalue weighted by atomic mass is 35.5. The summed E-state index contributed by atoms with van der Waals surface area (Å²) in [6.07, 6.45) is 6.52. The molecular weight excluding hydrogens is 1110 g/mol. The number of halogens is 5. The van der Waals surface area contributed by atoms with E-state index in [-0.39, 0.29) is 23.2 Å². The predicted molar refractivity (Wildman–Crippen MR) is 300 cm³/mol. The SMILES string of the molecule is CC(C)(N)C(N)=O.CC(C)(NCc1ccc(Oc2ccc(Cl)cc2)nc1)C(N)=O.COC(=O)c1ccc(Cl)nc1.COC(=O)c1ccc(Oc2ccc(F)cc2)nc1.O=Cc1ccc(Oc2ccc(F)cc2)nc1.Oc1ccc(F)cc1. The second-order valence-electron chi connectivity index (χ2n) is 17.4. The summed E-state index contributed by atoms with van der Waals surface area (Å²) in [5.74, 6) is 0.134. The molecule has 0 aliphatic rings. The average Bonchev–Trinajstić information content (AvgIpc) is 3.49. The van der Waals surface area contributed by atoms with Gasteiger partial charge in [-0.1, -0.05) is 29.3 Å². The monoisotopic (exact) mass is 1170 g/mol. The molecule has 4 aromatic carbocycles. The molecule has 0 radical (unpaired) electrons. The number of nitrogens with one attached hydrogen (secondary N) is 1. The minimum Gasteiger partial charge on any atom is -0.508 e. The second kappa shape index (κ2) is 33.8. The van der Waals surface area contributed by atoms with Gasteiger partial charge in [-0.3, -0.25) is 19.7 Å². The first-order valence-corrected chi connectivity index (χ1v) is 24.5. The highest BCUT2D eigenvalue weighted by molar-refractivity contribution is 6.30. The van der Waals surface area contributed by atoms with E-state index >= 15 is 0 Å². The van der Waals surface area contributed by atoms with Crippen molar-refractivity contribution in [2.24, 2.45) is 17.2 Å². The number of amides is 2. The number of phenols is 1. The molecule has 0 aliphatic carbocycles. The van der Waals surface area contributed by atoms with E-state index in [9.17, 15) is 37.1 Å². The number of primary amides is 2. The number of pyridine rings is 4. The van der Waals surface area contributed by atoms with Crippen LogP contribution in [0.5, 0.6) is 40.6 Å². The molecule has 24 heteroatoms. The van der Waals surface area contributed by atoms with Gasteiger partial charge in [-0.25, -0.2) is 42.7 Å². The van der Waals surface area contributed by atoms with E-state index in [4.69, 9.17) is 59.7 Å². The van der Waals surface area contributed by atoms with Crippen LogP contribution in [-0.2, 0) is 25.6 Å². The molecule has 8 rings (SSSR count). The highest BCUT2D eigenvalue weighted by Gasteiger charge is 2.23. The van der Waals surface area contributed by atoms with Gasteiger partial charge in [-0.05, 0) is 155 Å². The minimum absolute atomic E-state index is 0.0893. The highest BCUT2D eigenvalue weighted by Crippen LogP contribution is 2.23. The summed E-state index contributed by atoms with van der Waals surface area (Å²) < 4.78 is 62.6. The summed E-state index contributed by atoms with van der Waals surface area (Å²) in [5, 5.41) is 12.7. The van der Waals surface area contributed by atoms with Gasteiger partial charge >= 0.3 is 11.9 Å². The number of hydrogen-bond donors (Lipinski definition) is 5. The zero-order valence-corrected chi connectivity index (χ0v) is 46.4. The standard InChI is InChI=1S/C16H18ClN3O2.C13H10FNO3.C12H8FNO2.C7H6ClNO2.C6H5FO.C4H10N2O/c1-16(2,15(18)21)20-10-11-3-8-14(19-9-11)22-13-6-4-12(17)5-7-13;1-17-13(16)9-2-7-12(15-8-9)18-11-5-3-10(14)4-6-11;13-10-2-4-11(5-3-10)16-12-6-1-9(8-15)7-14-12;1-11-7(10)5-2-3-6(8)9-4-5;7-5-1-3-6(8)4-2-5;1-4(2,6)3(5)7/h3-9,20H,10H2,1-2H3,(H2,18,21);2-8H,1H3;1-8H;2-4H,1H3;1-4,8H;6H2,1-2H3,(H2,5,7). The Kier molecular flexibility index (Phi) is 27.6. The summed E-state index contributed by atoms with van der Waals surface area (Å²) in [6.45, 7) is 7.09. The van der Waals surface area contributed by atoms with Crippen molar-refractivity contribution in [3.8, 4) is 40.6 Å². The zero-order chi connectivity index (χ0) is 60.8. The van der Waals surface area contributed by atoms with E-state index in [1.54, 1.807) is 82.4 Å². The molecule has 0 bridgehead atoms. The van der Waals surface area contributed by atoms with Gasteiger partial charge in [0.2, 0.25) is 29.5 Å². The maximum Gasteiger partial charge on any atom is 0.339 e. The van der Waals surface area contributed by atoms with Gasteiger partial charge in [-0.15, -0.1) is 0 Å². The fraction of sp³-hybridized carbons (Fsp3) is 0.155. The number of benzene rings is 4. The average molecular weight is 1170 g/mol. The fourth-order valence-corrected chi connectivity index (χ4v) is 5.35. The number of ether oxygens (including phenoxy) is 5. The van der Waals surface area contributed by atoms with Crippen LogP contribution in [0.1, 0.15) is 64.3 Å². The van der Waals surface area contributed by atoms with Crippen molar-refractivity contribution in [2.75, 3.05) is 14.2 Å². The Morgan fingerprint density at radius 1 is 0.549 bits per heavy atom. The molecule has 0 saturated heterocycles. The number of methoxy groups -OCH3 is 2. The number of rotatable bonds is 14. The summed E-state index contributed by atoms with van der Waals surface area (Å²) in [5.41, 5.74) is 15.8. The Morgan fingerprint density at radius 2 is 0.939 bits per heavy atom. The first-order chi connectivity index (χ1) is 38.8. The third-order valence-corrected chi connectivity index (χ3v) is 10.4. The van der Waals surface area contributed by atoms with Crippen molar-refractivity contribution in [1.82, 2.24) is 25.3 Å². The van der Waals surface area contributed by atoms with Gasteiger partial charge in [0.25, 0.3) is 0 Å². The van der Waals surface area contributed by atoms with Crippen molar-refractivity contribution in [1.29, 1.82) is 0 Å². The molecule has 430 valence electrons. The summed E-state index contributed by atoms with van der Waals surface area (Å²) in [4.78, 5) is 69.6. The van der Waals surface area contributed by atoms with Crippen molar-refractivity contribution in [3.63, 3.8) is 0 Å². The van der Waals surface area contributed by atoms with Gasteiger partial charge in [-0.2, -0.15) is 0 Å². The molecule has 2 amide bonds. The van der Waals surface area contributed by atoms with Crippen LogP contribution in [0.3, 0.4) is 0 Å². The lowest BCUT2D eigenvalue weighted by Gasteiger charge is -2.22. The number of carbonyl (C=O) groups is 5. The smallest absolute Gasteiger partial charge is 0.339 e. The number of hydrogen-bond acceptors (Lipinski definition) is 17. The molecule has 0 atom stereocenters. The molecule has 8 aromatic rings. The van der Waals surface area contributed by atoms with Gasteiger partial charge in [0, 0.05) is 60.1 Å². The Labute approximate surface area is 480 Å². The zero-order valence-electron chi connectivity index (χ0n) is 44.9. The summed E-state index contributed by atoms with van der Waals surface area (Å²) in [7, 11) is 2.61. The number of esters is 2. The van der Waals surface area contributed by atoms with Crippen LogP contribution in [0.15, 0.2) is 170 Å². The molecule has 19 nitrogen and oxygen atoms in total. The summed E-state index contributed by atoms with van der Waals surface area (Å²) in [6, 6.07) is 36.2. The molecule has 4 heterocycles. The third kappa shape index (κ3) is 26.0. The van der Waals surface area contributed by atoms with Crippen molar-refractivity contribution in [3.05, 3.63) is 220 Å². The van der Waals surface area contributed by atoms with Crippen LogP contribution in [0, 0.1) is 17.5 Å². The number of carbonyl (C=O) groups excluding carboxylic acids is 5. The molecule has 0 aliphatic heterocycles. The molecule has 0 spiro atoms. The van der Waals surface area contributed by atoms with Crippen LogP contribution >= 0.6 is 23.2 Å². The fourth-order valence-electron chi connectivity index (χ4n) is 5.11. The van der Waals surface area contributed by atoms with E-state index in [1.165, 1.54) is 124 Å². The van der Waals surface area contributed by atoms with Crippen LogP contribution < -0.4 is 36.7 Å². The minimum atomic E-state index is -0.861. The number of aldehydes is 1. The first kappa shape index (κ1) is 66.8. The van der Waals surface area contributed by atoms with E-state index < -0.39 is 34.8 Å². The summed E-state index contributed by atoms with van der Waals surface area (Å²) >= 11 is 11.3. The van der Waals surface area contributed by atoms with Crippen LogP contribution in [-0.4, -0.2) is 80.4 Å². The lowest BCUT2D eigenvalue weighted by Crippen LogP contribution is -2.50. The molecule has 0 saturated carbocycles. The quantitative estimate of drug-likeness (QED) is 0.0384. The number of aromatic hydroxyl groups is 1. The normalized spacial score (nSPS) is 10.2. The van der Waals surface area contributed by atoms with E-state index in [0.717, 1.165) is 5.56 Å². The van der Waals surface area contributed by atoms with Crippen LogP contribution in [0.4, 0.5) is 13.2 Å². The lowest BCUT2D eigenvalue weighted by atomic mass is 10.0. The maximum atomic E-state index is 12.7. The van der Waals surface area contributed by atoms with E-state index in [1.807, 2.05) is 6.07 Å². The lowest BCUT2D eigenvalue weighted by molar-refractivity contribution is -0.123. The molecule has 82 heavy (non-hydrogen) atoms. The number of nitrogens with zero attached hydrogens (tertiary/aromatic N) is 4. The second-order valence-corrected chi connectivity index (χ2v) is 18.2. The van der Waals surface area contributed by atoms with Gasteiger partial charge in [0.15, 0.2) is 6.29 Å². The third-order valence-electron chi connectivity index (χ3n) is 9.92. The Bertz CT molecular complexity index is 3220. The van der Waals surface area contributed by atoms with Gasteiger partial charge < -0.3 is 46.0 Å². The Hall–Kier alpha value is -9.48. The van der Waals surface area contributed by atoms with Crippen LogP contribution in [0.2, 0.25) is 10.2 Å². The van der Waals surface area contributed by atoms with Crippen molar-refractivity contribution >= 4 is 53.2 Å². The number of nitrogens with two attached hydrogens (primary N) is 3. The van der Waals surface area contributed by atoms with Gasteiger partial charge in [0.1, 0.15) is 45.6 Å². The number of phenolic OH excluding ortho intramolecular Hbond substituents is 1. The number of aromatic nitrogens is 4. The first-order valence-electron chi connectivity index (χ1n) is 23.8. The molecular formula is C58H57Cl2F3N8O11. The molecule has 4 aromatic heterocycles. The maximum absolute atomic E-state index is 12.7. The largest absolute Gasteiger partial charge is 0.508 e. The van der Waals surface area contributed by atoms with E-state index in [0.29, 0.717) is 74.6 Å². The van der Waals surface area contributed by atoms with Crippen LogP contribution in [0.25, 0.3) is 0 Å². The topological polar surface area (TPSA) is 293 Å². The molecule has 0 fully saturated rings. The van der Waals surface area contributed by atoms with Gasteiger partial charge in [0.05, 0.1) is 36.4 Å².